The Labute approximate surface area is 191 Å². The van der Waals surface area contributed by atoms with Crippen LogP contribution in [-0.2, 0) is 25.6 Å². The third-order valence-electron chi connectivity index (χ3n) is 3.84. The third kappa shape index (κ3) is 6.12. The molecule has 0 amide bonds. The highest BCUT2D eigenvalue weighted by atomic mass is 19.4. The molecule has 0 heterocycles. The Morgan fingerprint density at radius 1 is 0.595 bits per heavy atom. The molecule has 214 valence electrons. The number of ether oxygens (including phenoxy) is 3. The predicted molar refractivity (Wildman–Crippen MR) is 79.1 cm³/mol. The highest BCUT2D eigenvalue weighted by molar-refractivity contribution is 5.78. The molecule has 0 aliphatic carbocycles. The van der Waals surface area contributed by atoms with Crippen LogP contribution < -0.4 is 0 Å². The van der Waals surface area contributed by atoms with Gasteiger partial charge in [0, 0.05) is 0 Å². The molecule has 0 aliphatic heterocycles. The molecule has 0 aromatic heterocycles. The third-order valence-corrected chi connectivity index (χ3v) is 3.84. The van der Waals surface area contributed by atoms with Crippen LogP contribution in [0.2, 0.25) is 0 Å². The fourth-order valence-electron chi connectivity index (χ4n) is 1.96. The normalized spacial score (nSPS) is 17.6. The Balaban J connectivity index is 3.52. The topological polar surface area (TPSA) is 44.8 Å². The van der Waals surface area contributed by atoms with Crippen molar-refractivity contribution in [1.82, 2.24) is 0 Å². The van der Waals surface area contributed by atoms with Crippen LogP contribution in [0.15, 0.2) is 30.3 Å². The lowest BCUT2D eigenvalue weighted by Gasteiger charge is -2.39. The number of halogens is 17. The smallest absolute Gasteiger partial charge is 0.456 e. The zero-order valence-corrected chi connectivity index (χ0v) is 16.7. The van der Waals surface area contributed by atoms with E-state index in [9.17, 15) is 79.4 Å². The molecule has 1 rings (SSSR count). The second-order valence-electron chi connectivity index (χ2n) is 6.56. The Morgan fingerprint density at radius 2 is 1.05 bits per heavy atom. The van der Waals surface area contributed by atoms with Crippen LogP contribution in [0.25, 0.3) is 0 Å². The molecule has 4 nitrogen and oxygen atoms in total. The SMILES string of the molecule is O=C(OCc1ccccc1)[C@@](F)(OC(F)(F)[C@](F)(OC(F)(F)C(F)(F)C(F)(F)F)C(F)(F)F)C(F)(F)F. The summed E-state index contributed by atoms with van der Waals surface area (Å²) >= 11 is 0. The summed E-state index contributed by atoms with van der Waals surface area (Å²) in [5.74, 6) is -26.5. The first-order valence-electron chi connectivity index (χ1n) is 8.49. The summed E-state index contributed by atoms with van der Waals surface area (Å²) in [7, 11) is 0. The van der Waals surface area contributed by atoms with E-state index in [1.807, 2.05) is 4.74 Å². The minimum atomic E-state index is -8.07. The second-order valence-corrected chi connectivity index (χ2v) is 6.56. The summed E-state index contributed by atoms with van der Waals surface area (Å²) in [5.41, 5.74) is -0.320. The molecule has 0 unspecified atom stereocenters. The minimum absolute atomic E-state index is 0.320. The summed E-state index contributed by atoms with van der Waals surface area (Å²) < 4.78 is 228. The Morgan fingerprint density at radius 3 is 1.43 bits per heavy atom. The first-order chi connectivity index (χ1) is 16.2. The first-order valence-corrected chi connectivity index (χ1v) is 8.49. The Hall–Kier alpha value is -2.58. The maximum atomic E-state index is 14.3. The van der Waals surface area contributed by atoms with Gasteiger partial charge in [0.1, 0.15) is 6.61 Å². The van der Waals surface area contributed by atoms with Crippen LogP contribution in [-0.4, -0.2) is 54.3 Å². The Kier molecular flexibility index (Phi) is 8.44. The zero-order chi connectivity index (χ0) is 29.5. The van der Waals surface area contributed by atoms with Gasteiger partial charge in [0.2, 0.25) is 0 Å². The van der Waals surface area contributed by atoms with E-state index in [1.165, 1.54) is 10.8 Å². The number of hydrogen-bond donors (Lipinski definition) is 0. The van der Waals surface area contributed by atoms with Crippen LogP contribution in [0.3, 0.4) is 0 Å². The van der Waals surface area contributed by atoms with Gasteiger partial charge in [-0.1, -0.05) is 30.3 Å². The summed E-state index contributed by atoms with van der Waals surface area (Å²) in [6.07, 6.45) is -38.6. The Bertz CT molecular complexity index is 939. The van der Waals surface area contributed by atoms with Gasteiger partial charge in [-0.3, -0.25) is 9.47 Å². The van der Waals surface area contributed by atoms with Crippen molar-refractivity contribution in [3.05, 3.63) is 35.9 Å². The molecule has 0 saturated heterocycles. The van der Waals surface area contributed by atoms with Gasteiger partial charge in [0.05, 0.1) is 0 Å². The van der Waals surface area contributed by atoms with Gasteiger partial charge < -0.3 is 4.74 Å². The first kappa shape index (κ1) is 32.4. The fraction of sp³-hybridized carbons (Fsp3) is 0.562. The van der Waals surface area contributed by atoms with E-state index >= 15 is 0 Å². The van der Waals surface area contributed by atoms with Gasteiger partial charge in [-0.05, 0) is 5.56 Å². The van der Waals surface area contributed by atoms with E-state index in [2.05, 4.69) is 4.74 Å². The molecule has 21 heteroatoms. The average molecular weight is 586 g/mol. The number of hydrogen-bond acceptors (Lipinski definition) is 4. The van der Waals surface area contributed by atoms with Crippen LogP contribution in [0, 0.1) is 0 Å². The van der Waals surface area contributed by atoms with E-state index in [4.69, 9.17) is 0 Å². The molecule has 2 atom stereocenters. The monoisotopic (exact) mass is 586 g/mol. The molecule has 0 aliphatic rings. The summed E-state index contributed by atoms with van der Waals surface area (Å²) in [4.78, 5) is 11.5. The van der Waals surface area contributed by atoms with E-state index in [-0.39, 0.29) is 5.56 Å². The number of benzene rings is 1. The van der Waals surface area contributed by atoms with Crippen molar-refractivity contribution in [3.63, 3.8) is 0 Å². The number of carbonyl (C=O) groups is 1. The lowest BCUT2D eigenvalue weighted by molar-refractivity contribution is -0.548. The molecular formula is C16H7F17O4. The predicted octanol–water partition coefficient (Wildman–Crippen LogP) is 6.60. The fourth-order valence-corrected chi connectivity index (χ4v) is 1.96. The molecule has 1 aromatic carbocycles. The van der Waals surface area contributed by atoms with Gasteiger partial charge in [-0.25, -0.2) is 4.79 Å². The van der Waals surface area contributed by atoms with E-state index in [1.54, 1.807) is 0 Å². The second kappa shape index (κ2) is 9.62. The maximum absolute atomic E-state index is 14.3. The van der Waals surface area contributed by atoms with Crippen LogP contribution in [0.5, 0.6) is 0 Å². The van der Waals surface area contributed by atoms with Crippen molar-refractivity contribution in [2.75, 3.05) is 0 Å². The molecule has 0 N–H and O–H groups in total. The van der Waals surface area contributed by atoms with Crippen LogP contribution >= 0.6 is 0 Å². The van der Waals surface area contributed by atoms with E-state index in [0.717, 1.165) is 24.3 Å². The van der Waals surface area contributed by atoms with Gasteiger partial charge in [0.15, 0.2) is 0 Å². The average Bonchev–Trinajstić information content (AvgIpc) is 2.69. The molecule has 0 bridgehead atoms. The minimum Gasteiger partial charge on any atom is -0.456 e. The highest BCUT2D eigenvalue weighted by Gasteiger charge is 2.85. The number of alkyl halides is 17. The molecule has 1 aromatic rings. The molecular weight excluding hydrogens is 579 g/mol. The van der Waals surface area contributed by atoms with Gasteiger partial charge in [-0.15, -0.1) is 0 Å². The van der Waals surface area contributed by atoms with Crippen molar-refractivity contribution < 1.29 is 93.6 Å². The van der Waals surface area contributed by atoms with Crippen molar-refractivity contribution in [2.45, 2.75) is 55.0 Å². The summed E-state index contributed by atoms with van der Waals surface area (Å²) in [5, 5.41) is 0. The van der Waals surface area contributed by atoms with Crippen LogP contribution in [0.1, 0.15) is 5.56 Å². The van der Waals surface area contributed by atoms with Crippen molar-refractivity contribution in [1.29, 1.82) is 0 Å². The van der Waals surface area contributed by atoms with E-state index < -0.39 is 61.0 Å². The zero-order valence-electron chi connectivity index (χ0n) is 16.7. The quantitative estimate of drug-likeness (QED) is 0.242. The highest BCUT2D eigenvalue weighted by Crippen LogP contribution is 2.56. The van der Waals surface area contributed by atoms with Gasteiger partial charge in [-0.2, -0.15) is 74.6 Å². The largest absolute Gasteiger partial charge is 0.462 e. The van der Waals surface area contributed by atoms with Crippen molar-refractivity contribution in [2.24, 2.45) is 0 Å². The van der Waals surface area contributed by atoms with Gasteiger partial charge >= 0.3 is 54.3 Å². The van der Waals surface area contributed by atoms with Crippen LogP contribution in [0.4, 0.5) is 74.6 Å². The molecule has 37 heavy (non-hydrogen) atoms. The molecule has 0 radical (unpaired) electrons. The van der Waals surface area contributed by atoms with Gasteiger partial charge in [0.25, 0.3) is 0 Å². The van der Waals surface area contributed by atoms with Crippen molar-refractivity contribution >= 4 is 5.97 Å². The molecule has 0 saturated carbocycles. The summed E-state index contributed by atoms with van der Waals surface area (Å²) in [6.45, 7) is -1.44. The molecule has 0 spiro atoms. The number of esters is 1. The standard InChI is InChI=1S/C16H7F17O4/c17-9(12(21,22)23,8(34)35-6-7-4-2-1-3-5-7)36-16(32,33)11(20,14(27,28)29)37-15(30,31)10(18,19)13(24,25)26/h1-5H,6H2/t9-,11-/m1/s1. The summed E-state index contributed by atoms with van der Waals surface area (Å²) in [6, 6.07) is 5.40. The number of rotatable bonds is 9. The lowest BCUT2D eigenvalue weighted by atomic mass is 10.2. The van der Waals surface area contributed by atoms with Crippen molar-refractivity contribution in [3.8, 4) is 0 Å². The maximum Gasteiger partial charge on any atom is 0.462 e. The number of carbonyl (C=O) groups excluding carboxylic acids is 1. The molecule has 0 fully saturated rings. The lowest BCUT2D eigenvalue weighted by Crippen LogP contribution is -2.68. The van der Waals surface area contributed by atoms with E-state index in [0.29, 0.717) is 0 Å².